The smallest absolute Gasteiger partial charge is 0.320 e. The highest BCUT2D eigenvalue weighted by atomic mass is 16.4. The van der Waals surface area contributed by atoms with Crippen molar-refractivity contribution < 1.29 is 29.7 Å². The molecule has 1 aromatic carbocycles. The second kappa shape index (κ2) is 14.5. The van der Waals surface area contributed by atoms with Crippen molar-refractivity contribution in [1.82, 2.24) is 5.32 Å². The van der Waals surface area contributed by atoms with Crippen LogP contribution in [0.4, 0.5) is 0 Å². The average molecular weight is 425 g/mol. The van der Waals surface area contributed by atoms with E-state index < -0.39 is 36.0 Å². The number of hydrogen-bond donors (Lipinski definition) is 5. The van der Waals surface area contributed by atoms with Gasteiger partial charge in [-0.15, -0.1) is 0 Å². The molecular weight excluding hydrogens is 388 g/mol. The maximum absolute atomic E-state index is 11.2. The van der Waals surface area contributed by atoms with Gasteiger partial charge in [0.25, 0.3) is 0 Å². The standard InChI is InChI=1S/C16H23NO4.C6H13NO2/c1-3-4-12-5-7-13(8-6-12)9-10-14(16(20)21)17-11(2)15(18)19;1-4(2)3-5(7)6(8)9/h5-8,11,14,17H,3-4,9-10H2,1-2H3,(H,18,19)(H,20,21);4-5H,3,7H2,1-2H3,(H,8,9)/t11-,14+;/m1./s1. The van der Waals surface area contributed by atoms with E-state index >= 15 is 0 Å². The Kier molecular flexibility index (Phi) is 13.3. The summed E-state index contributed by atoms with van der Waals surface area (Å²) >= 11 is 0. The van der Waals surface area contributed by atoms with Crippen molar-refractivity contribution in [3.63, 3.8) is 0 Å². The van der Waals surface area contributed by atoms with Crippen LogP contribution in [-0.2, 0) is 27.2 Å². The molecule has 6 N–H and O–H groups in total. The number of nitrogens with one attached hydrogen (secondary N) is 1. The van der Waals surface area contributed by atoms with E-state index in [0.29, 0.717) is 25.2 Å². The van der Waals surface area contributed by atoms with Gasteiger partial charge < -0.3 is 21.1 Å². The third-order valence-corrected chi connectivity index (χ3v) is 4.45. The Morgan fingerprint density at radius 3 is 1.73 bits per heavy atom. The molecule has 1 aromatic rings. The van der Waals surface area contributed by atoms with E-state index in [9.17, 15) is 14.4 Å². The fourth-order valence-corrected chi connectivity index (χ4v) is 2.73. The molecule has 1 unspecified atom stereocenters. The molecule has 0 fully saturated rings. The molecule has 0 aliphatic rings. The molecule has 0 heterocycles. The molecule has 30 heavy (non-hydrogen) atoms. The molecule has 0 saturated carbocycles. The van der Waals surface area contributed by atoms with Gasteiger partial charge in [-0.3, -0.25) is 19.7 Å². The van der Waals surface area contributed by atoms with Crippen LogP contribution in [0.5, 0.6) is 0 Å². The van der Waals surface area contributed by atoms with Crippen LogP contribution in [0.3, 0.4) is 0 Å². The Labute approximate surface area is 178 Å². The predicted molar refractivity (Wildman–Crippen MR) is 115 cm³/mol. The normalized spacial score (nSPS) is 13.7. The highest BCUT2D eigenvalue weighted by Gasteiger charge is 2.22. The molecular formula is C22H36N2O6. The number of aliphatic carboxylic acids is 3. The summed E-state index contributed by atoms with van der Waals surface area (Å²) in [6, 6.07) is 5.70. The monoisotopic (exact) mass is 424 g/mol. The first kappa shape index (κ1) is 27.5. The topological polar surface area (TPSA) is 150 Å². The Morgan fingerprint density at radius 2 is 1.40 bits per heavy atom. The predicted octanol–water partition coefficient (Wildman–Crippen LogP) is 2.53. The summed E-state index contributed by atoms with van der Waals surface area (Å²) in [6.45, 7) is 7.46. The van der Waals surface area contributed by atoms with E-state index in [1.165, 1.54) is 12.5 Å². The molecule has 0 radical (unpaired) electrons. The molecule has 0 aliphatic carbocycles. The molecule has 170 valence electrons. The number of aryl methyl sites for hydroxylation is 2. The quantitative estimate of drug-likeness (QED) is 0.343. The number of benzene rings is 1. The van der Waals surface area contributed by atoms with Crippen LogP contribution in [0, 0.1) is 5.92 Å². The minimum atomic E-state index is -1.05. The summed E-state index contributed by atoms with van der Waals surface area (Å²) in [7, 11) is 0. The number of carbonyl (C=O) groups is 3. The van der Waals surface area contributed by atoms with Crippen molar-refractivity contribution in [2.45, 2.75) is 77.9 Å². The molecule has 3 atom stereocenters. The summed E-state index contributed by atoms with van der Waals surface area (Å²) in [5.74, 6) is -2.63. The fourth-order valence-electron chi connectivity index (χ4n) is 2.73. The summed E-state index contributed by atoms with van der Waals surface area (Å²) in [5, 5.41) is 28.9. The Balaban J connectivity index is 0.000000787. The molecule has 8 heteroatoms. The lowest BCUT2D eigenvalue weighted by Gasteiger charge is -2.17. The van der Waals surface area contributed by atoms with Crippen molar-refractivity contribution in [3.05, 3.63) is 35.4 Å². The second-order valence-corrected chi connectivity index (χ2v) is 7.80. The third-order valence-electron chi connectivity index (χ3n) is 4.45. The number of hydrogen-bond acceptors (Lipinski definition) is 5. The zero-order valence-corrected chi connectivity index (χ0v) is 18.3. The van der Waals surface area contributed by atoms with Crippen LogP contribution >= 0.6 is 0 Å². The molecule has 0 bridgehead atoms. The van der Waals surface area contributed by atoms with Crippen molar-refractivity contribution in [2.24, 2.45) is 11.7 Å². The number of nitrogens with two attached hydrogens (primary N) is 1. The first-order chi connectivity index (χ1) is 14.0. The number of carboxylic acids is 3. The SMILES string of the molecule is CC(C)CC(N)C(=O)O.CCCc1ccc(CC[C@H](N[C@H](C)C(=O)O)C(=O)O)cc1. The second-order valence-electron chi connectivity index (χ2n) is 7.80. The minimum Gasteiger partial charge on any atom is -0.480 e. The first-order valence-corrected chi connectivity index (χ1v) is 10.3. The fraction of sp³-hybridized carbons (Fsp3) is 0.591. The van der Waals surface area contributed by atoms with Crippen molar-refractivity contribution in [3.8, 4) is 0 Å². The highest BCUT2D eigenvalue weighted by Crippen LogP contribution is 2.10. The van der Waals surface area contributed by atoms with Crippen LogP contribution in [0.15, 0.2) is 24.3 Å². The van der Waals surface area contributed by atoms with Gasteiger partial charge in [-0.1, -0.05) is 51.5 Å². The zero-order chi connectivity index (χ0) is 23.3. The largest absolute Gasteiger partial charge is 0.480 e. The summed E-state index contributed by atoms with van der Waals surface area (Å²) in [6.07, 6.45) is 3.64. The van der Waals surface area contributed by atoms with Crippen LogP contribution in [0.2, 0.25) is 0 Å². The minimum absolute atomic E-state index is 0.357. The Hall–Kier alpha value is -2.45. The molecule has 8 nitrogen and oxygen atoms in total. The van der Waals surface area contributed by atoms with E-state index in [1.54, 1.807) is 0 Å². The van der Waals surface area contributed by atoms with Gasteiger partial charge in [0.15, 0.2) is 0 Å². The Bertz CT molecular complexity index is 660. The Morgan fingerprint density at radius 1 is 0.900 bits per heavy atom. The van der Waals surface area contributed by atoms with Crippen LogP contribution in [0.1, 0.15) is 58.1 Å². The van der Waals surface area contributed by atoms with Gasteiger partial charge in [0.1, 0.15) is 18.1 Å². The summed E-state index contributed by atoms with van der Waals surface area (Å²) in [5.41, 5.74) is 7.55. The molecule has 0 aromatic heterocycles. The van der Waals surface area contributed by atoms with Gasteiger partial charge in [0.2, 0.25) is 0 Å². The third kappa shape index (κ3) is 12.2. The lowest BCUT2D eigenvalue weighted by molar-refractivity contribution is -0.142. The molecule has 0 aliphatic heterocycles. The average Bonchev–Trinajstić information content (AvgIpc) is 2.65. The van der Waals surface area contributed by atoms with Gasteiger partial charge in [-0.05, 0) is 49.7 Å². The van der Waals surface area contributed by atoms with E-state index in [1.807, 2.05) is 26.0 Å². The van der Waals surface area contributed by atoms with Crippen LogP contribution < -0.4 is 11.1 Å². The summed E-state index contributed by atoms with van der Waals surface area (Å²) in [4.78, 5) is 32.0. The first-order valence-electron chi connectivity index (χ1n) is 10.3. The van der Waals surface area contributed by atoms with Crippen molar-refractivity contribution in [1.29, 1.82) is 0 Å². The van der Waals surface area contributed by atoms with Crippen LogP contribution in [-0.4, -0.2) is 51.4 Å². The van der Waals surface area contributed by atoms with Gasteiger partial charge in [-0.25, -0.2) is 0 Å². The lowest BCUT2D eigenvalue weighted by atomic mass is 10.0. The zero-order valence-electron chi connectivity index (χ0n) is 18.3. The van der Waals surface area contributed by atoms with Gasteiger partial charge in [-0.2, -0.15) is 0 Å². The van der Waals surface area contributed by atoms with E-state index in [-0.39, 0.29) is 0 Å². The maximum atomic E-state index is 11.2. The molecule has 0 saturated heterocycles. The molecule has 0 spiro atoms. The van der Waals surface area contributed by atoms with Crippen molar-refractivity contribution >= 4 is 17.9 Å². The van der Waals surface area contributed by atoms with E-state index in [4.69, 9.17) is 21.1 Å². The van der Waals surface area contributed by atoms with Crippen molar-refractivity contribution in [2.75, 3.05) is 0 Å². The lowest BCUT2D eigenvalue weighted by Crippen LogP contribution is -2.45. The van der Waals surface area contributed by atoms with E-state index in [2.05, 4.69) is 24.4 Å². The highest BCUT2D eigenvalue weighted by molar-refractivity contribution is 5.77. The van der Waals surface area contributed by atoms with Gasteiger partial charge in [0.05, 0.1) is 0 Å². The molecule has 1 rings (SSSR count). The number of carboxylic acid groups (broad SMARTS) is 3. The summed E-state index contributed by atoms with van der Waals surface area (Å²) < 4.78 is 0. The number of rotatable bonds is 12. The van der Waals surface area contributed by atoms with Gasteiger partial charge in [0, 0.05) is 0 Å². The van der Waals surface area contributed by atoms with Gasteiger partial charge >= 0.3 is 17.9 Å². The maximum Gasteiger partial charge on any atom is 0.320 e. The molecule has 0 amide bonds. The van der Waals surface area contributed by atoms with Crippen LogP contribution in [0.25, 0.3) is 0 Å². The van der Waals surface area contributed by atoms with E-state index in [0.717, 1.165) is 18.4 Å².